The Morgan fingerprint density at radius 3 is 2.68 bits per heavy atom. The summed E-state index contributed by atoms with van der Waals surface area (Å²) >= 11 is 1.01. The van der Waals surface area contributed by atoms with E-state index < -0.39 is 12.0 Å². The maximum absolute atomic E-state index is 13.3. The molecule has 178 valence electrons. The topological polar surface area (TPSA) is 64.6 Å². The molecule has 2 aromatic carbocycles. The highest BCUT2D eigenvalue weighted by atomic mass is 32.2. The van der Waals surface area contributed by atoms with Crippen LogP contribution in [0.3, 0.4) is 0 Å². The van der Waals surface area contributed by atoms with Crippen molar-refractivity contribution >= 4 is 28.6 Å². The first-order valence-electron chi connectivity index (χ1n) is 11.1. The van der Waals surface area contributed by atoms with Gasteiger partial charge in [-0.1, -0.05) is 36.0 Å². The summed E-state index contributed by atoms with van der Waals surface area (Å²) in [6.07, 6.45) is -2.20. The van der Waals surface area contributed by atoms with Gasteiger partial charge >= 0.3 is 6.18 Å². The van der Waals surface area contributed by atoms with E-state index in [2.05, 4.69) is 9.97 Å². The van der Waals surface area contributed by atoms with Crippen LogP contribution in [0.1, 0.15) is 36.7 Å². The van der Waals surface area contributed by atoms with Gasteiger partial charge in [-0.25, -0.2) is 9.97 Å². The van der Waals surface area contributed by atoms with E-state index in [0.29, 0.717) is 36.6 Å². The lowest BCUT2D eigenvalue weighted by atomic mass is 10.0. The van der Waals surface area contributed by atoms with Crippen molar-refractivity contribution in [3.63, 3.8) is 0 Å². The van der Waals surface area contributed by atoms with Crippen molar-refractivity contribution in [2.45, 2.75) is 36.5 Å². The third-order valence-electron chi connectivity index (χ3n) is 5.88. The Bertz CT molecular complexity index is 1220. The molecule has 5 rings (SSSR count). The molecule has 0 saturated carbocycles. The van der Waals surface area contributed by atoms with Crippen LogP contribution in [0.15, 0.2) is 47.5 Å². The summed E-state index contributed by atoms with van der Waals surface area (Å²) in [5.41, 5.74) is 1.16. The fraction of sp³-hybridized carbons (Fsp3) is 0.375. The zero-order chi connectivity index (χ0) is 23.7. The van der Waals surface area contributed by atoms with Gasteiger partial charge in [0.25, 0.3) is 0 Å². The second-order valence-corrected chi connectivity index (χ2v) is 9.12. The Morgan fingerprint density at radius 1 is 1.06 bits per heavy atom. The first-order chi connectivity index (χ1) is 16.4. The van der Waals surface area contributed by atoms with Gasteiger partial charge in [-0.15, -0.1) is 0 Å². The molecule has 0 bridgehead atoms. The van der Waals surface area contributed by atoms with Gasteiger partial charge in [0.1, 0.15) is 5.03 Å². The number of alkyl halides is 3. The van der Waals surface area contributed by atoms with Crippen LogP contribution in [0, 0.1) is 0 Å². The summed E-state index contributed by atoms with van der Waals surface area (Å²) < 4.78 is 51.4. The van der Waals surface area contributed by atoms with E-state index in [-0.39, 0.29) is 28.2 Å². The molecule has 1 unspecified atom stereocenters. The van der Waals surface area contributed by atoms with Crippen molar-refractivity contribution in [1.29, 1.82) is 0 Å². The number of amides is 1. The van der Waals surface area contributed by atoms with E-state index in [1.807, 2.05) is 18.2 Å². The molecule has 10 heteroatoms. The number of benzene rings is 2. The number of para-hydroxylation sites is 1. The summed E-state index contributed by atoms with van der Waals surface area (Å²) in [5, 5.41) is 0.645. The Labute approximate surface area is 198 Å². The van der Waals surface area contributed by atoms with E-state index in [1.54, 1.807) is 23.1 Å². The van der Waals surface area contributed by atoms with Crippen LogP contribution >= 0.6 is 11.8 Å². The van der Waals surface area contributed by atoms with Gasteiger partial charge in [0.2, 0.25) is 11.7 Å². The van der Waals surface area contributed by atoms with Crippen LogP contribution in [-0.2, 0) is 11.0 Å². The lowest BCUT2D eigenvalue weighted by Crippen LogP contribution is -2.32. The molecular weight excluding hydrogens is 467 g/mol. The highest BCUT2D eigenvalue weighted by Gasteiger charge is 2.36. The third-order valence-corrected chi connectivity index (χ3v) is 6.86. The van der Waals surface area contributed by atoms with Gasteiger partial charge in [0, 0.05) is 18.4 Å². The predicted molar refractivity (Wildman–Crippen MR) is 121 cm³/mol. The minimum atomic E-state index is -4.67. The SMILES string of the molecule is O=C(CSc1nc(C(F)(F)F)nc2ccccc12)N1CCCC1c1ccc2c(c1)OCCCO2. The zero-order valence-electron chi connectivity index (χ0n) is 18.2. The molecule has 0 spiro atoms. The number of hydrogen-bond acceptors (Lipinski definition) is 6. The van der Waals surface area contributed by atoms with E-state index in [9.17, 15) is 18.0 Å². The van der Waals surface area contributed by atoms with E-state index >= 15 is 0 Å². The van der Waals surface area contributed by atoms with E-state index in [0.717, 1.165) is 36.6 Å². The molecular formula is C24H22F3N3O3S. The summed E-state index contributed by atoms with van der Waals surface area (Å²) in [6.45, 7) is 1.77. The smallest absolute Gasteiger partial charge is 0.451 e. The molecule has 3 aromatic rings. The number of ether oxygens (including phenoxy) is 2. The fourth-order valence-electron chi connectivity index (χ4n) is 4.30. The normalized spacial score (nSPS) is 18.2. The van der Waals surface area contributed by atoms with Gasteiger partial charge in [0.05, 0.1) is 30.5 Å². The zero-order valence-corrected chi connectivity index (χ0v) is 19.0. The van der Waals surface area contributed by atoms with Crippen molar-refractivity contribution < 1.29 is 27.4 Å². The van der Waals surface area contributed by atoms with Crippen molar-refractivity contribution in [1.82, 2.24) is 14.9 Å². The predicted octanol–water partition coefficient (Wildman–Crippen LogP) is 5.27. The summed E-state index contributed by atoms with van der Waals surface area (Å²) in [4.78, 5) is 22.3. The maximum Gasteiger partial charge on any atom is 0.451 e. The molecule has 2 aliphatic rings. The molecule has 0 N–H and O–H groups in total. The Hall–Kier alpha value is -3.01. The van der Waals surface area contributed by atoms with Crippen LogP contribution in [0.4, 0.5) is 13.2 Å². The number of rotatable bonds is 4. The largest absolute Gasteiger partial charge is 0.490 e. The van der Waals surface area contributed by atoms with E-state index in [1.165, 1.54) is 6.07 Å². The van der Waals surface area contributed by atoms with Crippen LogP contribution in [-0.4, -0.2) is 46.3 Å². The molecule has 1 aromatic heterocycles. The Morgan fingerprint density at radius 2 is 1.85 bits per heavy atom. The number of carbonyl (C=O) groups is 1. The summed E-state index contributed by atoms with van der Waals surface area (Å²) in [5.74, 6) is 0.0159. The van der Waals surface area contributed by atoms with Crippen molar-refractivity contribution in [3.8, 4) is 11.5 Å². The van der Waals surface area contributed by atoms with Gasteiger partial charge in [-0.2, -0.15) is 13.2 Å². The molecule has 6 nitrogen and oxygen atoms in total. The highest BCUT2D eigenvalue weighted by molar-refractivity contribution is 8.00. The van der Waals surface area contributed by atoms with Crippen molar-refractivity contribution in [2.75, 3.05) is 25.5 Å². The van der Waals surface area contributed by atoms with Crippen LogP contribution in [0.2, 0.25) is 0 Å². The lowest BCUT2D eigenvalue weighted by molar-refractivity contribution is -0.145. The molecule has 3 heterocycles. The van der Waals surface area contributed by atoms with Gasteiger partial charge < -0.3 is 14.4 Å². The highest BCUT2D eigenvalue weighted by Crippen LogP contribution is 2.39. The van der Waals surface area contributed by atoms with Crippen LogP contribution in [0.5, 0.6) is 11.5 Å². The number of halogens is 3. The summed E-state index contributed by atoms with van der Waals surface area (Å²) in [6, 6.07) is 12.2. The Kier molecular flexibility index (Phi) is 6.24. The average molecular weight is 490 g/mol. The molecule has 0 radical (unpaired) electrons. The molecule has 34 heavy (non-hydrogen) atoms. The second-order valence-electron chi connectivity index (χ2n) is 8.16. The molecule has 1 saturated heterocycles. The van der Waals surface area contributed by atoms with Gasteiger partial charge in [-0.3, -0.25) is 4.79 Å². The standard InChI is InChI=1S/C24H22F3N3O3S/c25-24(26,27)23-28-17-6-2-1-5-16(17)22(29-23)34-14-21(31)30-10-3-7-18(30)15-8-9-19-20(13-15)33-12-4-11-32-19/h1-2,5-6,8-9,13,18H,3-4,7,10-12,14H2. The quantitative estimate of drug-likeness (QED) is 0.368. The molecule has 0 aliphatic carbocycles. The molecule has 1 amide bonds. The molecule has 1 atom stereocenters. The summed E-state index contributed by atoms with van der Waals surface area (Å²) in [7, 11) is 0. The minimum Gasteiger partial charge on any atom is -0.490 e. The second kappa shape index (κ2) is 9.32. The number of aromatic nitrogens is 2. The third kappa shape index (κ3) is 4.64. The molecule has 1 fully saturated rings. The van der Waals surface area contributed by atoms with Crippen LogP contribution in [0.25, 0.3) is 10.9 Å². The first kappa shape index (κ1) is 22.8. The fourth-order valence-corrected chi connectivity index (χ4v) is 5.20. The van der Waals surface area contributed by atoms with Gasteiger partial charge in [0.15, 0.2) is 11.5 Å². The average Bonchev–Trinajstić information content (AvgIpc) is 3.20. The number of thioether (sulfide) groups is 1. The lowest BCUT2D eigenvalue weighted by Gasteiger charge is -2.25. The number of hydrogen-bond donors (Lipinski definition) is 0. The van der Waals surface area contributed by atoms with Crippen molar-refractivity contribution in [2.24, 2.45) is 0 Å². The maximum atomic E-state index is 13.3. The Balaban J connectivity index is 1.35. The first-order valence-corrected chi connectivity index (χ1v) is 12.0. The van der Waals surface area contributed by atoms with Crippen LogP contribution < -0.4 is 9.47 Å². The van der Waals surface area contributed by atoms with Crippen molar-refractivity contribution in [3.05, 3.63) is 53.9 Å². The molecule has 2 aliphatic heterocycles. The number of fused-ring (bicyclic) bond motifs is 2. The van der Waals surface area contributed by atoms with E-state index in [4.69, 9.17) is 9.47 Å². The monoisotopic (exact) mass is 489 g/mol. The minimum absolute atomic E-state index is 0.0145. The number of carbonyl (C=O) groups excluding carboxylic acids is 1. The van der Waals surface area contributed by atoms with Gasteiger partial charge in [-0.05, 0) is 36.6 Å². The number of likely N-dealkylation sites (tertiary alicyclic amines) is 1. The number of nitrogens with zero attached hydrogens (tertiary/aromatic N) is 3.